The lowest BCUT2D eigenvalue weighted by atomic mass is 10.1. The van der Waals surface area contributed by atoms with E-state index >= 15 is 0 Å². The predicted octanol–water partition coefficient (Wildman–Crippen LogP) is 4.92. The summed E-state index contributed by atoms with van der Waals surface area (Å²) in [6.07, 6.45) is 2.88. The number of amidine groups is 1. The molecule has 0 aromatic heterocycles. The molecule has 0 radical (unpaired) electrons. The maximum absolute atomic E-state index is 12.6. The van der Waals surface area contributed by atoms with Crippen molar-refractivity contribution in [3.63, 3.8) is 0 Å². The standard InChI is InChI=1S/C23H24N2O3S/c1-5-27-18-10-16-9-15(4)28-19(16)11-17(18)12-20-22(26)25-23(29-20)24-21-13(2)7-6-8-14(21)3/h6-8,10-12,15H,5,9H2,1-4H3,(H,24,25,26)/b20-12-/t15-/m0/s1. The molecule has 1 atom stereocenters. The second kappa shape index (κ2) is 7.95. The molecule has 1 saturated heterocycles. The molecule has 2 aromatic carbocycles. The van der Waals surface area contributed by atoms with Gasteiger partial charge in [-0.3, -0.25) is 4.79 Å². The molecule has 2 heterocycles. The van der Waals surface area contributed by atoms with Crippen molar-refractivity contribution >= 4 is 34.6 Å². The van der Waals surface area contributed by atoms with E-state index in [-0.39, 0.29) is 12.0 Å². The van der Waals surface area contributed by atoms with E-state index in [1.54, 1.807) is 0 Å². The molecule has 1 fully saturated rings. The number of amides is 1. The third-order valence-electron chi connectivity index (χ3n) is 4.92. The molecule has 0 bridgehead atoms. The van der Waals surface area contributed by atoms with Gasteiger partial charge in [-0.2, -0.15) is 0 Å². The van der Waals surface area contributed by atoms with Crippen molar-refractivity contribution in [1.29, 1.82) is 0 Å². The molecule has 2 aromatic rings. The van der Waals surface area contributed by atoms with Gasteiger partial charge in [0.15, 0.2) is 5.17 Å². The fraction of sp³-hybridized carbons (Fsp3) is 0.304. The highest BCUT2D eigenvalue weighted by Crippen LogP contribution is 2.38. The molecule has 5 nitrogen and oxygen atoms in total. The van der Waals surface area contributed by atoms with E-state index in [1.807, 2.05) is 57.2 Å². The summed E-state index contributed by atoms with van der Waals surface area (Å²) in [6.45, 7) is 8.60. The number of carbonyl (C=O) groups excluding carboxylic acids is 1. The van der Waals surface area contributed by atoms with Gasteiger partial charge < -0.3 is 14.8 Å². The third-order valence-corrected chi connectivity index (χ3v) is 5.83. The second-order valence-corrected chi connectivity index (χ2v) is 8.32. The molecular formula is C23H24N2O3S. The van der Waals surface area contributed by atoms with E-state index < -0.39 is 0 Å². The molecule has 29 heavy (non-hydrogen) atoms. The molecule has 1 amide bonds. The molecule has 0 unspecified atom stereocenters. The molecular weight excluding hydrogens is 384 g/mol. The topological polar surface area (TPSA) is 59.9 Å². The molecule has 2 aliphatic heterocycles. The van der Waals surface area contributed by atoms with E-state index in [0.29, 0.717) is 16.7 Å². The van der Waals surface area contributed by atoms with Crippen LogP contribution in [-0.4, -0.2) is 23.8 Å². The Morgan fingerprint density at radius 1 is 1.31 bits per heavy atom. The van der Waals surface area contributed by atoms with Crippen LogP contribution in [0.2, 0.25) is 0 Å². The first kappa shape index (κ1) is 19.6. The van der Waals surface area contributed by atoms with Crippen molar-refractivity contribution in [2.75, 3.05) is 6.61 Å². The van der Waals surface area contributed by atoms with Gasteiger partial charge in [0.2, 0.25) is 0 Å². The number of nitrogens with zero attached hydrogens (tertiary/aromatic N) is 1. The lowest BCUT2D eigenvalue weighted by Gasteiger charge is -2.10. The summed E-state index contributed by atoms with van der Waals surface area (Å²) < 4.78 is 11.7. The summed E-state index contributed by atoms with van der Waals surface area (Å²) in [5.74, 6) is 1.47. The van der Waals surface area contributed by atoms with Gasteiger partial charge in [0, 0.05) is 17.5 Å². The minimum Gasteiger partial charge on any atom is -0.493 e. The number of hydrogen-bond donors (Lipinski definition) is 1. The number of hydrogen-bond acceptors (Lipinski definition) is 5. The van der Waals surface area contributed by atoms with Crippen molar-refractivity contribution in [3.8, 4) is 11.5 Å². The van der Waals surface area contributed by atoms with Gasteiger partial charge in [-0.05, 0) is 68.8 Å². The van der Waals surface area contributed by atoms with Crippen molar-refractivity contribution in [1.82, 2.24) is 5.32 Å². The quantitative estimate of drug-likeness (QED) is 0.730. The number of thioether (sulfide) groups is 1. The van der Waals surface area contributed by atoms with Crippen LogP contribution >= 0.6 is 11.8 Å². The van der Waals surface area contributed by atoms with Crippen molar-refractivity contribution < 1.29 is 14.3 Å². The molecule has 1 N–H and O–H groups in total. The van der Waals surface area contributed by atoms with Crippen LogP contribution in [0.4, 0.5) is 5.69 Å². The van der Waals surface area contributed by atoms with Gasteiger partial charge in [0.25, 0.3) is 5.91 Å². The fourth-order valence-electron chi connectivity index (χ4n) is 3.55. The summed E-state index contributed by atoms with van der Waals surface area (Å²) in [4.78, 5) is 17.8. The Hall–Kier alpha value is -2.73. The molecule has 6 heteroatoms. The maximum atomic E-state index is 12.6. The highest BCUT2D eigenvalue weighted by Gasteiger charge is 2.26. The van der Waals surface area contributed by atoms with Gasteiger partial charge in [0.1, 0.15) is 17.6 Å². The van der Waals surface area contributed by atoms with E-state index in [4.69, 9.17) is 9.47 Å². The monoisotopic (exact) mass is 408 g/mol. The fourth-order valence-corrected chi connectivity index (χ4v) is 4.37. The summed E-state index contributed by atoms with van der Waals surface area (Å²) in [5.41, 5.74) is 5.03. The first-order chi connectivity index (χ1) is 13.9. The Kier molecular flexibility index (Phi) is 5.37. The van der Waals surface area contributed by atoms with Gasteiger partial charge >= 0.3 is 0 Å². The highest BCUT2D eigenvalue weighted by molar-refractivity contribution is 8.18. The maximum Gasteiger partial charge on any atom is 0.264 e. The third kappa shape index (κ3) is 4.03. The second-order valence-electron chi connectivity index (χ2n) is 7.29. The molecule has 0 aliphatic carbocycles. The molecule has 2 aliphatic rings. The van der Waals surface area contributed by atoms with Crippen molar-refractivity contribution in [3.05, 3.63) is 57.5 Å². The number of aliphatic imine (C=N–C) groups is 1. The lowest BCUT2D eigenvalue weighted by Crippen LogP contribution is -2.19. The minimum atomic E-state index is -0.155. The smallest absolute Gasteiger partial charge is 0.264 e. The first-order valence-electron chi connectivity index (χ1n) is 9.76. The van der Waals surface area contributed by atoms with E-state index in [0.717, 1.165) is 45.9 Å². The summed E-state index contributed by atoms with van der Waals surface area (Å²) >= 11 is 1.34. The number of fused-ring (bicyclic) bond motifs is 1. The predicted molar refractivity (Wildman–Crippen MR) is 118 cm³/mol. The number of benzene rings is 2. The van der Waals surface area contributed by atoms with Gasteiger partial charge in [-0.25, -0.2) is 4.99 Å². The minimum absolute atomic E-state index is 0.155. The molecule has 150 valence electrons. The van der Waals surface area contributed by atoms with Crippen molar-refractivity contribution in [2.45, 2.75) is 40.2 Å². The molecule has 0 saturated carbocycles. The Balaban J connectivity index is 1.66. The van der Waals surface area contributed by atoms with Crippen molar-refractivity contribution in [2.24, 2.45) is 4.99 Å². The van der Waals surface area contributed by atoms with Crippen LogP contribution < -0.4 is 14.8 Å². The van der Waals surface area contributed by atoms with Crippen LogP contribution in [0.15, 0.2) is 40.2 Å². The Labute approximate surface area is 175 Å². The Morgan fingerprint density at radius 2 is 2.07 bits per heavy atom. The number of para-hydroxylation sites is 1. The van der Waals surface area contributed by atoms with Crippen LogP contribution in [-0.2, 0) is 11.2 Å². The molecule has 4 rings (SSSR count). The zero-order valence-electron chi connectivity index (χ0n) is 17.0. The Morgan fingerprint density at radius 3 is 2.79 bits per heavy atom. The zero-order valence-corrected chi connectivity index (χ0v) is 17.9. The Bertz CT molecular complexity index is 1020. The van der Waals surface area contributed by atoms with Crippen LogP contribution in [0.5, 0.6) is 11.5 Å². The van der Waals surface area contributed by atoms with Crippen LogP contribution in [0.3, 0.4) is 0 Å². The summed E-state index contributed by atoms with van der Waals surface area (Å²) in [6, 6.07) is 10.0. The molecule has 0 spiro atoms. The average Bonchev–Trinajstić information content (AvgIpc) is 3.20. The summed E-state index contributed by atoms with van der Waals surface area (Å²) in [5, 5.41) is 3.46. The van der Waals surface area contributed by atoms with Gasteiger partial charge in [-0.15, -0.1) is 0 Å². The number of nitrogens with one attached hydrogen (secondary N) is 1. The largest absolute Gasteiger partial charge is 0.493 e. The first-order valence-corrected chi connectivity index (χ1v) is 10.6. The summed E-state index contributed by atoms with van der Waals surface area (Å²) in [7, 11) is 0. The van der Waals surface area contributed by atoms with E-state index in [9.17, 15) is 4.79 Å². The average molecular weight is 409 g/mol. The number of ether oxygens (including phenoxy) is 2. The highest BCUT2D eigenvalue weighted by atomic mass is 32.2. The van der Waals surface area contributed by atoms with Crippen LogP contribution in [0.1, 0.15) is 36.1 Å². The SMILES string of the molecule is CCOc1cc2c(cc1/C=C1\SC(=Nc3c(C)cccc3C)NC1=O)O[C@@H](C)C2. The number of carbonyl (C=O) groups is 1. The van der Waals surface area contributed by atoms with E-state index in [2.05, 4.69) is 17.2 Å². The van der Waals surface area contributed by atoms with Gasteiger partial charge in [-0.1, -0.05) is 18.2 Å². The normalized spacial score (nSPS) is 20.7. The lowest BCUT2D eigenvalue weighted by molar-refractivity contribution is -0.115. The number of aryl methyl sites for hydroxylation is 2. The van der Waals surface area contributed by atoms with Crippen LogP contribution in [0, 0.1) is 13.8 Å². The number of rotatable bonds is 4. The van der Waals surface area contributed by atoms with E-state index in [1.165, 1.54) is 11.8 Å². The zero-order chi connectivity index (χ0) is 20.5. The van der Waals surface area contributed by atoms with Crippen LogP contribution in [0.25, 0.3) is 6.08 Å². The van der Waals surface area contributed by atoms with Gasteiger partial charge in [0.05, 0.1) is 17.2 Å².